The van der Waals surface area contributed by atoms with E-state index in [9.17, 15) is 33.9 Å². The van der Waals surface area contributed by atoms with Crippen LogP contribution in [0.2, 0.25) is 0 Å². The zero-order valence-corrected chi connectivity index (χ0v) is 56.8. The van der Waals surface area contributed by atoms with Crippen LogP contribution < -0.4 is 37.3 Å². The van der Waals surface area contributed by atoms with E-state index in [1.165, 1.54) is 0 Å². The summed E-state index contributed by atoms with van der Waals surface area (Å²) in [6, 6.07) is 21.8. The van der Waals surface area contributed by atoms with Crippen molar-refractivity contribution in [2.24, 2.45) is 10.8 Å². The van der Waals surface area contributed by atoms with E-state index in [0.717, 1.165) is 22.1 Å². The molecule has 2 aliphatic rings. The van der Waals surface area contributed by atoms with Crippen LogP contribution in [0.15, 0.2) is 88.8 Å². The molecule has 0 unspecified atom stereocenters. The third-order valence-corrected chi connectivity index (χ3v) is 16.2. The van der Waals surface area contributed by atoms with E-state index >= 15 is 0 Å². The number of cyclic esters (lactones) is 1. The maximum absolute atomic E-state index is 14.0. The lowest BCUT2D eigenvalue weighted by atomic mass is 9.86. The van der Waals surface area contributed by atoms with E-state index in [0.29, 0.717) is 198 Å². The molecule has 2 aromatic heterocycles. The van der Waals surface area contributed by atoms with Gasteiger partial charge < -0.3 is 93.5 Å². The monoisotopic (exact) mass is 1380 g/mol. The molecule has 5 aromatic rings. The number of amides is 4. The van der Waals surface area contributed by atoms with Gasteiger partial charge in [-0.3, -0.25) is 19.2 Å². The third-order valence-electron chi connectivity index (χ3n) is 16.2. The molecule has 0 spiro atoms. The summed E-state index contributed by atoms with van der Waals surface area (Å²) in [4.78, 5) is 87.9. The normalized spacial score (nSPS) is 14.3. The molecule has 0 bridgehead atoms. The van der Waals surface area contributed by atoms with Crippen molar-refractivity contribution in [1.29, 1.82) is 0 Å². The second-order valence-corrected chi connectivity index (χ2v) is 23.2. The maximum Gasteiger partial charge on any atom is 0.407 e. The number of fused-ring (bicyclic) bond motifs is 5. The van der Waals surface area contributed by atoms with Crippen LogP contribution in [-0.2, 0) is 109 Å². The standard InChI is InChI=1S/C70H96N10O19/c1-3-54-55-45-53(19-21-59(55)77-64-56(54)47-80-62(64)46-58-57(67(80)84)49-98-68(85)70(58,87)4-2)97-26-10-24-73-69(86)99-48-51-14-17-52(18-15-51)75-65(82)60(13-8-9-23-71)78-66(83)61(20-16-50-11-6-5-7-12-50)76-63(81)22-27-88-29-31-90-33-35-92-37-39-94-41-43-96-44-42-95-40-38-93-36-34-91-32-30-89-28-25-74-79-72/h5-7,11-12,14-15,17-19,21,45-46,60-61,87H,3-4,8-10,13,16,20,22-44,47-49,71H2,1-2H3,(H,73,86)(H,75,82)(H,76,81)(H,78,83)/t60-,61-,70-/m0/s1. The molecule has 0 saturated heterocycles. The van der Waals surface area contributed by atoms with Gasteiger partial charge in [0.1, 0.15) is 31.0 Å². The molecule has 0 saturated carbocycles. The highest BCUT2D eigenvalue weighted by Crippen LogP contribution is 2.41. The summed E-state index contributed by atoms with van der Waals surface area (Å²) >= 11 is 0. The number of alkyl carbamates (subject to hydrolysis) is 1. The Bertz CT molecular complexity index is 3430. The minimum atomic E-state index is -1.92. The van der Waals surface area contributed by atoms with Crippen molar-refractivity contribution in [3.63, 3.8) is 0 Å². The molecule has 0 radical (unpaired) electrons. The quantitative estimate of drug-likeness (QED) is 0.00856. The Labute approximate surface area is 576 Å². The first-order valence-electron chi connectivity index (χ1n) is 34.0. The van der Waals surface area contributed by atoms with Gasteiger partial charge in [-0.25, -0.2) is 14.6 Å². The second kappa shape index (κ2) is 44.1. The number of carbonyl (C=O) groups excluding carboxylic acids is 5. The van der Waals surface area contributed by atoms with Gasteiger partial charge in [0.25, 0.3) is 5.56 Å². The van der Waals surface area contributed by atoms with Gasteiger partial charge in [0.2, 0.25) is 17.7 Å². The summed E-state index contributed by atoms with van der Waals surface area (Å²) in [5.41, 5.74) is 18.2. The molecule has 2 aliphatic heterocycles. The number of hydrogen-bond acceptors (Lipinski definition) is 22. The lowest BCUT2D eigenvalue weighted by Crippen LogP contribution is -2.52. The molecule has 0 fully saturated rings. The zero-order chi connectivity index (χ0) is 70.3. The van der Waals surface area contributed by atoms with Crippen LogP contribution in [0, 0.1) is 0 Å². The second-order valence-electron chi connectivity index (χ2n) is 23.2. The first kappa shape index (κ1) is 78.2. The van der Waals surface area contributed by atoms with Gasteiger partial charge in [0.05, 0.1) is 155 Å². The van der Waals surface area contributed by atoms with E-state index in [-0.39, 0.29) is 81.4 Å². The van der Waals surface area contributed by atoms with Crippen molar-refractivity contribution in [3.05, 3.63) is 133 Å². The number of nitrogens with two attached hydrogens (primary N) is 1. The first-order valence-corrected chi connectivity index (χ1v) is 34.0. The van der Waals surface area contributed by atoms with Crippen LogP contribution in [-0.4, -0.2) is 202 Å². The Morgan fingerprint density at radius 3 is 1.90 bits per heavy atom. The average molecular weight is 1380 g/mol. The number of carbonyl (C=O) groups is 5. The number of rotatable bonds is 51. The summed E-state index contributed by atoms with van der Waals surface area (Å²) in [5.74, 6) is -1.50. The molecule has 29 heteroatoms. The Hall–Kier alpha value is -8.16. The SMILES string of the molecule is CCc1c2c(nc3ccc(OCCCNC(=O)OCc4ccc(NC(=O)[C@H](CCCCN)NC(=O)[C@H](CCc5ccccc5)NC(=O)CCOCCOCCOCCOCCOCCOCCOCCOCCOCCN=[N+]=[N-])cc4)cc13)-c1cc3c(c(=O)n1C2)COC(=O)[C@]3(O)CC. The van der Waals surface area contributed by atoms with E-state index in [4.69, 9.17) is 73.1 Å². The van der Waals surface area contributed by atoms with Crippen molar-refractivity contribution in [2.45, 2.75) is 109 Å². The van der Waals surface area contributed by atoms with Gasteiger partial charge in [-0.2, -0.15) is 0 Å². The van der Waals surface area contributed by atoms with Crippen LogP contribution in [0.5, 0.6) is 5.75 Å². The van der Waals surface area contributed by atoms with Crippen LogP contribution in [0.4, 0.5) is 10.5 Å². The number of aromatic nitrogens is 2. The number of aryl methyl sites for hydroxylation is 2. The highest BCUT2D eigenvalue weighted by Gasteiger charge is 2.45. The predicted molar refractivity (Wildman–Crippen MR) is 365 cm³/mol. The van der Waals surface area contributed by atoms with Crippen molar-refractivity contribution in [1.82, 2.24) is 25.5 Å². The molecule has 4 heterocycles. The topological polar surface area (TPSA) is 374 Å². The predicted octanol–water partition coefficient (Wildman–Crippen LogP) is 5.86. The number of aliphatic hydroxyl groups is 1. The van der Waals surface area contributed by atoms with Gasteiger partial charge in [-0.15, -0.1) is 0 Å². The number of ether oxygens (including phenoxy) is 12. The van der Waals surface area contributed by atoms with Gasteiger partial charge in [0.15, 0.2) is 5.60 Å². The molecule has 3 atom stereocenters. The van der Waals surface area contributed by atoms with Gasteiger partial charge >= 0.3 is 12.1 Å². The molecule has 0 aliphatic carbocycles. The fraction of sp³-hybridized carbons (Fsp3) is 0.557. The zero-order valence-electron chi connectivity index (χ0n) is 56.8. The number of hydrogen-bond donors (Lipinski definition) is 6. The maximum atomic E-state index is 14.0. The minimum Gasteiger partial charge on any atom is -0.494 e. The average Bonchev–Trinajstić information content (AvgIpc) is 1.61. The van der Waals surface area contributed by atoms with Crippen molar-refractivity contribution < 1.29 is 85.9 Å². The highest BCUT2D eigenvalue weighted by molar-refractivity contribution is 5.98. The lowest BCUT2D eigenvalue weighted by molar-refractivity contribution is -0.172. The summed E-state index contributed by atoms with van der Waals surface area (Å²) in [6.45, 7) is 11.9. The van der Waals surface area contributed by atoms with E-state index in [1.807, 2.05) is 55.5 Å². The number of benzene rings is 3. The van der Waals surface area contributed by atoms with Crippen molar-refractivity contribution in [3.8, 4) is 17.1 Å². The largest absolute Gasteiger partial charge is 0.494 e. The molecule has 540 valence electrons. The van der Waals surface area contributed by atoms with Crippen LogP contribution in [0.25, 0.3) is 32.7 Å². The number of unbranched alkanes of at least 4 members (excludes halogenated alkanes) is 1. The highest BCUT2D eigenvalue weighted by atomic mass is 16.6. The van der Waals surface area contributed by atoms with E-state index in [1.54, 1.807) is 41.8 Å². The van der Waals surface area contributed by atoms with Gasteiger partial charge in [0, 0.05) is 46.6 Å². The first-order chi connectivity index (χ1) is 48.4. The Morgan fingerprint density at radius 1 is 0.697 bits per heavy atom. The molecular formula is C70H96N10O19. The van der Waals surface area contributed by atoms with Gasteiger partial charge in [-0.05, 0) is 117 Å². The number of anilines is 1. The Kier molecular flexibility index (Phi) is 34.8. The number of esters is 1. The number of nitrogens with zero attached hydrogens (tertiary/aromatic N) is 5. The molecular weight excluding hydrogens is 1280 g/mol. The van der Waals surface area contributed by atoms with E-state index < -0.39 is 41.6 Å². The lowest BCUT2D eigenvalue weighted by Gasteiger charge is -2.31. The summed E-state index contributed by atoms with van der Waals surface area (Å²) in [7, 11) is 0. The molecule has 7 N–H and O–H groups in total. The minimum absolute atomic E-state index is 0.00529. The fourth-order valence-corrected chi connectivity index (χ4v) is 10.9. The number of azide groups is 1. The van der Waals surface area contributed by atoms with Crippen LogP contribution >= 0.6 is 0 Å². The summed E-state index contributed by atoms with van der Waals surface area (Å²) in [6.07, 6.45) is 2.81. The van der Waals surface area contributed by atoms with E-state index in [2.05, 4.69) is 31.3 Å². The Morgan fingerprint density at radius 2 is 1.30 bits per heavy atom. The van der Waals surface area contributed by atoms with Crippen LogP contribution in [0.1, 0.15) is 92.2 Å². The summed E-state index contributed by atoms with van der Waals surface area (Å²) < 4.78 is 67.9. The van der Waals surface area contributed by atoms with Crippen molar-refractivity contribution >= 4 is 46.4 Å². The Balaban J connectivity index is 0.741. The fourth-order valence-electron chi connectivity index (χ4n) is 10.9. The molecule has 99 heavy (non-hydrogen) atoms. The molecule has 7 rings (SSSR count). The smallest absolute Gasteiger partial charge is 0.407 e. The summed E-state index contributed by atoms with van der Waals surface area (Å²) in [5, 5.41) is 26.9. The van der Waals surface area contributed by atoms with Gasteiger partial charge in [-0.1, -0.05) is 61.4 Å². The molecule has 4 amide bonds. The van der Waals surface area contributed by atoms with Crippen LogP contribution in [0.3, 0.4) is 0 Å². The number of nitrogens with one attached hydrogen (secondary N) is 4. The van der Waals surface area contributed by atoms with Crippen molar-refractivity contribution in [2.75, 3.05) is 150 Å². The molecule has 3 aromatic carbocycles. The number of pyridine rings is 2. The third kappa shape index (κ3) is 25.8. The molecule has 29 nitrogen and oxygen atoms in total.